The summed E-state index contributed by atoms with van der Waals surface area (Å²) in [4.78, 5) is 18.3. The highest BCUT2D eigenvalue weighted by Gasteiger charge is 2.41. The summed E-state index contributed by atoms with van der Waals surface area (Å²) in [7, 11) is 0. The van der Waals surface area contributed by atoms with Crippen LogP contribution in [0.15, 0.2) is 59.5 Å². The van der Waals surface area contributed by atoms with E-state index in [1.54, 1.807) is 12.1 Å². The minimum Gasteiger partial charge on any atom is -0.480 e. The van der Waals surface area contributed by atoms with E-state index in [1.165, 1.54) is 44.1 Å². The molecule has 4 nitrogen and oxygen atoms in total. The number of rotatable bonds is 11. The van der Waals surface area contributed by atoms with Crippen LogP contribution in [-0.2, 0) is 4.79 Å². The Morgan fingerprint density at radius 3 is 2.35 bits per heavy atom. The molecule has 37 heavy (non-hydrogen) atoms. The first-order valence-electron chi connectivity index (χ1n) is 14.2. The molecule has 2 aromatic carbocycles. The number of hydrogen-bond acceptors (Lipinski definition) is 4. The third kappa shape index (κ3) is 7.15. The molecule has 0 radical (unpaired) electrons. The molecule has 0 spiro atoms. The lowest BCUT2D eigenvalue weighted by atomic mass is 9.80. The second kappa shape index (κ2) is 12.8. The number of carbonyl (C=O) groups is 1. The van der Waals surface area contributed by atoms with Crippen LogP contribution in [0.4, 0.5) is 4.39 Å². The van der Waals surface area contributed by atoms with Gasteiger partial charge in [-0.1, -0.05) is 49.6 Å². The lowest BCUT2D eigenvalue weighted by Crippen LogP contribution is -2.43. The summed E-state index contributed by atoms with van der Waals surface area (Å²) in [5, 5.41) is 10.1. The van der Waals surface area contributed by atoms with Gasteiger partial charge in [0, 0.05) is 30.4 Å². The third-order valence-electron chi connectivity index (χ3n) is 9.01. The van der Waals surface area contributed by atoms with E-state index in [0.29, 0.717) is 17.8 Å². The second-order valence-corrected chi connectivity index (χ2v) is 12.6. The zero-order chi connectivity index (χ0) is 25.6. The van der Waals surface area contributed by atoms with Crippen LogP contribution < -0.4 is 0 Å². The molecule has 5 rings (SSSR count). The van der Waals surface area contributed by atoms with Crippen LogP contribution in [0.2, 0.25) is 0 Å². The van der Waals surface area contributed by atoms with E-state index in [1.807, 2.05) is 23.9 Å². The van der Waals surface area contributed by atoms with Crippen molar-refractivity contribution in [3.63, 3.8) is 0 Å². The molecule has 6 heteroatoms. The molecule has 1 N–H and O–H groups in total. The molecule has 2 heterocycles. The smallest absolute Gasteiger partial charge is 0.320 e. The van der Waals surface area contributed by atoms with Crippen LogP contribution in [0.25, 0.3) is 0 Å². The fourth-order valence-electron chi connectivity index (χ4n) is 6.54. The summed E-state index contributed by atoms with van der Waals surface area (Å²) in [6.45, 7) is 5.07. The molecule has 2 aliphatic heterocycles. The molecule has 2 saturated heterocycles. The second-order valence-electron chi connectivity index (χ2n) is 11.5. The van der Waals surface area contributed by atoms with Crippen molar-refractivity contribution in [1.82, 2.24) is 9.80 Å². The van der Waals surface area contributed by atoms with E-state index < -0.39 is 5.97 Å². The third-order valence-corrected chi connectivity index (χ3v) is 10.1. The predicted octanol–water partition coefficient (Wildman–Crippen LogP) is 6.38. The Morgan fingerprint density at radius 2 is 1.70 bits per heavy atom. The maximum atomic E-state index is 13.1. The highest BCUT2D eigenvalue weighted by molar-refractivity contribution is 7.99. The number of hydrogen-bond donors (Lipinski definition) is 1. The fraction of sp³-hybridized carbons (Fsp3) is 0.581. The number of carboxylic acids is 1. The van der Waals surface area contributed by atoms with Gasteiger partial charge >= 0.3 is 5.97 Å². The molecule has 0 aromatic heterocycles. The highest BCUT2D eigenvalue weighted by Crippen LogP contribution is 2.38. The minimum absolute atomic E-state index is 0.173. The van der Waals surface area contributed by atoms with Gasteiger partial charge in [0.1, 0.15) is 11.9 Å². The van der Waals surface area contributed by atoms with Gasteiger partial charge in [-0.15, -0.1) is 11.8 Å². The molecule has 1 saturated carbocycles. The summed E-state index contributed by atoms with van der Waals surface area (Å²) < 4.78 is 13.1. The first kappa shape index (κ1) is 26.7. The van der Waals surface area contributed by atoms with Gasteiger partial charge in [0.2, 0.25) is 0 Å². The highest BCUT2D eigenvalue weighted by atomic mass is 32.2. The van der Waals surface area contributed by atoms with E-state index >= 15 is 0 Å². The van der Waals surface area contributed by atoms with Crippen molar-refractivity contribution in [3.8, 4) is 0 Å². The Bertz CT molecular complexity index is 992. The van der Waals surface area contributed by atoms with Crippen LogP contribution in [0, 0.1) is 23.6 Å². The van der Waals surface area contributed by atoms with Crippen molar-refractivity contribution < 1.29 is 14.3 Å². The molecule has 200 valence electrons. The number of nitrogens with zero attached hydrogens (tertiary/aromatic N) is 2. The van der Waals surface area contributed by atoms with Gasteiger partial charge in [-0.25, -0.2) is 4.39 Å². The van der Waals surface area contributed by atoms with E-state index in [9.17, 15) is 14.3 Å². The van der Waals surface area contributed by atoms with Crippen molar-refractivity contribution in [2.45, 2.75) is 61.8 Å². The van der Waals surface area contributed by atoms with Gasteiger partial charge < -0.3 is 10.0 Å². The molecule has 0 bridgehead atoms. The van der Waals surface area contributed by atoms with E-state index in [0.717, 1.165) is 55.7 Å². The quantitative estimate of drug-likeness (QED) is 0.346. The first-order chi connectivity index (χ1) is 18.0. The molecular weight excluding hydrogens is 483 g/mol. The van der Waals surface area contributed by atoms with Crippen molar-refractivity contribution in [3.05, 3.63) is 66.0 Å². The molecule has 0 amide bonds. The molecule has 2 aromatic rings. The van der Waals surface area contributed by atoms with Gasteiger partial charge in [-0.3, -0.25) is 9.69 Å². The normalized spacial score (nSPS) is 24.7. The number of halogens is 1. The number of carboxylic acid groups (broad SMARTS) is 1. The van der Waals surface area contributed by atoms with Gasteiger partial charge in [-0.2, -0.15) is 0 Å². The van der Waals surface area contributed by atoms with Gasteiger partial charge in [0.15, 0.2) is 0 Å². The SMILES string of the molecule is O=C(O)[C@@H](CC1CCC1)N1C[C@H](CN2CCC(CCSc3ccc(F)cc3)CC2)[C@@H](c2ccccc2)C1. The Morgan fingerprint density at radius 1 is 0.973 bits per heavy atom. The van der Waals surface area contributed by atoms with Crippen molar-refractivity contribution in [1.29, 1.82) is 0 Å². The van der Waals surface area contributed by atoms with Crippen molar-refractivity contribution in [2.75, 3.05) is 38.5 Å². The lowest BCUT2D eigenvalue weighted by molar-refractivity contribution is -0.144. The zero-order valence-corrected chi connectivity index (χ0v) is 22.6. The number of thioether (sulfide) groups is 1. The lowest BCUT2D eigenvalue weighted by Gasteiger charge is -2.35. The standard InChI is InChI=1S/C31H41FN2O2S/c32-27-9-11-28(12-10-27)37-18-15-23-13-16-33(17-14-23)20-26-21-34(22-29(26)25-7-2-1-3-8-25)30(31(35)36)19-24-5-4-6-24/h1-3,7-12,23-24,26,29-30H,4-6,13-22H2,(H,35,36)/t26-,29+,30+/m0/s1. The Labute approximate surface area is 225 Å². The molecule has 0 unspecified atom stereocenters. The number of aliphatic carboxylic acids is 1. The summed E-state index contributed by atoms with van der Waals surface area (Å²) >= 11 is 1.83. The average Bonchev–Trinajstić information content (AvgIpc) is 3.29. The fourth-order valence-corrected chi connectivity index (χ4v) is 7.55. The number of benzene rings is 2. The monoisotopic (exact) mass is 524 g/mol. The van der Waals surface area contributed by atoms with E-state index in [-0.39, 0.29) is 11.9 Å². The van der Waals surface area contributed by atoms with Gasteiger partial charge in [0.05, 0.1) is 0 Å². The zero-order valence-electron chi connectivity index (χ0n) is 21.8. The van der Waals surface area contributed by atoms with Crippen LogP contribution in [0.3, 0.4) is 0 Å². The largest absolute Gasteiger partial charge is 0.480 e. The maximum Gasteiger partial charge on any atom is 0.320 e. The van der Waals surface area contributed by atoms with Crippen molar-refractivity contribution >= 4 is 17.7 Å². The molecule has 3 aliphatic rings. The predicted molar refractivity (Wildman–Crippen MR) is 149 cm³/mol. The summed E-state index contributed by atoms with van der Waals surface area (Å²) in [5.41, 5.74) is 1.36. The molecule has 3 fully saturated rings. The number of likely N-dealkylation sites (tertiary alicyclic amines) is 2. The van der Waals surface area contributed by atoms with Gasteiger partial charge in [0.25, 0.3) is 0 Å². The molecular formula is C31H41FN2O2S. The Kier molecular flexibility index (Phi) is 9.22. The molecule has 3 atom stereocenters. The number of piperidine rings is 1. The minimum atomic E-state index is -0.640. The van der Waals surface area contributed by atoms with Crippen LogP contribution in [-0.4, -0.2) is 65.4 Å². The van der Waals surface area contributed by atoms with E-state index in [2.05, 4.69) is 40.1 Å². The Hall–Kier alpha value is -1.89. The maximum absolute atomic E-state index is 13.1. The van der Waals surface area contributed by atoms with Crippen LogP contribution in [0.5, 0.6) is 0 Å². The van der Waals surface area contributed by atoms with Crippen LogP contribution in [0.1, 0.15) is 56.4 Å². The molecule has 1 aliphatic carbocycles. The van der Waals surface area contributed by atoms with Crippen molar-refractivity contribution in [2.24, 2.45) is 17.8 Å². The van der Waals surface area contributed by atoms with E-state index in [4.69, 9.17) is 0 Å². The summed E-state index contributed by atoms with van der Waals surface area (Å²) in [6.07, 6.45) is 8.13. The summed E-state index contributed by atoms with van der Waals surface area (Å²) in [6, 6.07) is 17.3. The van der Waals surface area contributed by atoms with Crippen LogP contribution >= 0.6 is 11.8 Å². The average molecular weight is 525 g/mol. The topological polar surface area (TPSA) is 43.8 Å². The first-order valence-corrected chi connectivity index (χ1v) is 15.2. The Balaban J connectivity index is 1.14. The van der Waals surface area contributed by atoms with Gasteiger partial charge in [-0.05, 0) is 92.1 Å². The summed E-state index contributed by atoms with van der Waals surface area (Å²) in [5.74, 6) is 2.49.